The highest BCUT2D eigenvalue weighted by Gasteiger charge is 2.14. The minimum absolute atomic E-state index is 0.515. The van der Waals surface area contributed by atoms with Crippen molar-refractivity contribution in [1.29, 1.82) is 0 Å². The zero-order valence-electron chi connectivity index (χ0n) is 17.8. The summed E-state index contributed by atoms with van der Waals surface area (Å²) >= 11 is 0. The summed E-state index contributed by atoms with van der Waals surface area (Å²) in [5, 5.41) is 9.03. The Morgan fingerprint density at radius 2 is 1.63 bits per heavy atom. The number of hydrogen-bond acceptors (Lipinski definition) is 2. The maximum atomic E-state index is 11.0. The fraction of sp³-hybridized carbons (Fsp3) is 0.708. The van der Waals surface area contributed by atoms with Gasteiger partial charge in [-0.25, -0.2) is 4.79 Å². The Balaban J connectivity index is 2.65. The third-order valence-electron chi connectivity index (χ3n) is 5.44. The standard InChI is InChI=1S/C24H40O3/c1-4-7-9-10-11-12-13-15-21-16-17-23(27-24(25)26)22(19-21)18-20(6-3)14-8-5-2/h16-17,19-20H,4-15,18H2,1-3H3,(H,25,26). The van der Waals surface area contributed by atoms with E-state index in [1.807, 2.05) is 12.1 Å². The second-order valence-electron chi connectivity index (χ2n) is 7.80. The van der Waals surface area contributed by atoms with Crippen LogP contribution in [-0.2, 0) is 12.8 Å². The number of benzene rings is 1. The molecule has 0 amide bonds. The summed E-state index contributed by atoms with van der Waals surface area (Å²) < 4.78 is 5.05. The third-order valence-corrected chi connectivity index (χ3v) is 5.44. The summed E-state index contributed by atoms with van der Waals surface area (Å²) in [6, 6.07) is 6.07. The molecule has 27 heavy (non-hydrogen) atoms. The van der Waals surface area contributed by atoms with Crippen molar-refractivity contribution in [2.75, 3.05) is 0 Å². The van der Waals surface area contributed by atoms with Crippen LogP contribution in [0.25, 0.3) is 0 Å². The summed E-state index contributed by atoms with van der Waals surface area (Å²) in [5.74, 6) is 1.11. The topological polar surface area (TPSA) is 46.5 Å². The molecule has 1 atom stereocenters. The predicted molar refractivity (Wildman–Crippen MR) is 114 cm³/mol. The maximum absolute atomic E-state index is 11.0. The van der Waals surface area contributed by atoms with Crippen LogP contribution in [0.4, 0.5) is 4.79 Å². The molecule has 0 aliphatic carbocycles. The van der Waals surface area contributed by atoms with E-state index in [1.165, 1.54) is 69.8 Å². The van der Waals surface area contributed by atoms with Crippen molar-refractivity contribution in [1.82, 2.24) is 0 Å². The lowest BCUT2D eigenvalue weighted by Crippen LogP contribution is -2.09. The second-order valence-corrected chi connectivity index (χ2v) is 7.80. The molecule has 0 saturated heterocycles. The average Bonchev–Trinajstić information content (AvgIpc) is 2.65. The third kappa shape index (κ3) is 10.4. The van der Waals surface area contributed by atoms with Gasteiger partial charge in [-0.15, -0.1) is 0 Å². The highest BCUT2D eigenvalue weighted by Crippen LogP contribution is 2.27. The van der Waals surface area contributed by atoms with E-state index in [2.05, 4.69) is 26.8 Å². The van der Waals surface area contributed by atoms with Crippen LogP contribution in [0.3, 0.4) is 0 Å². The van der Waals surface area contributed by atoms with E-state index in [1.54, 1.807) is 0 Å². The highest BCUT2D eigenvalue weighted by molar-refractivity contribution is 5.62. The molecule has 1 aromatic carbocycles. The molecule has 0 spiro atoms. The van der Waals surface area contributed by atoms with Crippen LogP contribution in [0.2, 0.25) is 0 Å². The van der Waals surface area contributed by atoms with Gasteiger partial charge in [0.25, 0.3) is 0 Å². The Morgan fingerprint density at radius 3 is 2.26 bits per heavy atom. The molecule has 0 aliphatic rings. The number of carbonyl (C=O) groups is 1. The van der Waals surface area contributed by atoms with Crippen molar-refractivity contribution < 1.29 is 14.6 Å². The van der Waals surface area contributed by atoms with Gasteiger partial charge in [0.15, 0.2) is 0 Å². The molecule has 0 fully saturated rings. The molecule has 0 heterocycles. The summed E-state index contributed by atoms with van der Waals surface area (Å²) in [7, 11) is 0. The molecule has 1 N–H and O–H groups in total. The lowest BCUT2D eigenvalue weighted by atomic mass is 9.90. The Kier molecular flexibility index (Phi) is 12.7. The molecule has 0 radical (unpaired) electrons. The lowest BCUT2D eigenvalue weighted by molar-refractivity contribution is 0.144. The predicted octanol–water partition coefficient (Wildman–Crippen LogP) is 7.80. The van der Waals surface area contributed by atoms with E-state index < -0.39 is 6.16 Å². The fourth-order valence-electron chi connectivity index (χ4n) is 3.68. The normalized spacial score (nSPS) is 12.1. The van der Waals surface area contributed by atoms with Crippen LogP contribution in [-0.4, -0.2) is 11.3 Å². The molecular formula is C24H40O3. The zero-order chi connectivity index (χ0) is 19.9. The highest BCUT2D eigenvalue weighted by atomic mass is 16.7. The summed E-state index contributed by atoms with van der Waals surface area (Å²) in [4.78, 5) is 11.0. The van der Waals surface area contributed by atoms with Crippen molar-refractivity contribution in [2.24, 2.45) is 5.92 Å². The van der Waals surface area contributed by atoms with Crippen molar-refractivity contribution in [3.8, 4) is 5.75 Å². The van der Waals surface area contributed by atoms with Gasteiger partial charge in [0.05, 0.1) is 0 Å². The van der Waals surface area contributed by atoms with Gasteiger partial charge in [0, 0.05) is 0 Å². The van der Waals surface area contributed by atoms with Gasteiger partial charge in [-0.3, -0.25) is 0 Å². The molecule has 154 valence electrons. The van der Waals surface area contributed by atoms with Gasteiger partial charge >= 0.3 is 6.16 Å². The molecular weight excluding hydrogens is 336 g/mol. The number of unbranched alkanes of at least 4 members (excludes halogenated alkanes) is 7. The van der Waals surface area contributed by atoms with Gasteiger partial charge in [-0.1, -0.05) is 97.1 Å². The van der Waals surface area contributed by atoms with Crippen LogP contribution in [0.5, 0.6) is 5.75 Å². The molecule has 0 aliphatic heterocycles. The number of aryl methyl sites for hydroxylation is 1. The van der Waals surface area contributed by atoms with E-state index in [-0.39, 0.29) is 0 Å². The fourth-order valence-corrected chi connectivity index (χ4v) is 3.68. The van der Waals surface area contributed by atoms with Gasteiger partial charge in [0.2, 0.25) is 0 Å². The first kappa shape index (κ1) is 23.5. The summed E-state index contributed by atoms with van der Waals surface area (Å²) in [6.45, 7) is 6.69. The molecule has 3 heteroatoms. The molecule has 1 unspecified atom stereocenters. The van der Waals surface area contributed by atoms with Crippen LogP contribution < -0.4 is 4.74 Å². The smallest absolute Gasteiger partial charge is 0.449 e. The van der Waals surface area contributed by atoms with Crippen molar-refractivity contribution >= 4 is 6.16 Å². The lowest BCUT2D eigenvalue weighted by Gasteiger charge is -2.17. The van der Waals surface area contributed by atoms with E-state index in [0.29, 0.717) is 11.7 Å². The Labute approximate surface area is 166 Å². The minimum atomic E-state index is -1.22. The first-order valence-electron chi connectivity index (χ1n) is 11.1. The zero-order valence-corrected chi connectivity index (χ0v) is 17.8. The Morgan fingerprint density at radius 1 is 0.963 bits per heavy atom. The van der Waals surface area contributed by atoms with Crippen molar-refractivity contribution in [3.63, 3.8) is 0 Å². The molecule has 1 rings (SSSR count). The van der Waals surface area contributed by atoms with Crippen LogP contribution in [0, 0.1) is 5.92 Å². The van der Waals surface area contributed by atoms with E-state index in [4.69, 9.17) is 9.84 Å². The number of hydrogen-bond donors (Lipinski definition) is 1. The Hall–Kier alpha value is -1.51. The number of rotatable bonds is 15. The average molecular weight is 377 g/mol. The largest absolute Gasteiger partial charge is 0.511 e. The quantitative estimate of drug-likeness (QED) is 0.193. The number of carboxylic acid groups (broad SMARTS) is 1. The van der Waals surface area contributed by atoms with Gasteiger partial charge in [-0.2, -0.15) is 0 Å². The van der Waals surface area contributed by atoms with Crippen LogP contribution in [0.15, 0.2) is 18.2 Å². The molecule has 3 nitrogen and oxygen atoms in total. The summed E-state index contributed by atoms with van der Waals surface area (Å²) in [5.41, 5.74) is 2.36. The Bertz CT molecular complexity index is 524. The van der Waals surface area contributed by atoms with Crippen LogP contribution >= 0.6 is 0 Å². The van der Waals surface area contributed by atoms with Crippen LogP contribution in [0.1, 0.15) is 103 Å². The van der Waals surface area contributed by atoms with E-state index in [0.717, 1.165) is 24.8 Å². The maximum Gasteiger partial charge on any atom is 0.511 e. The summed E-state index contributed by atoms with van der Waals surface area (Å²) in [6.07, 6.45) is 14.7. The first-order valence-corrected chi connectivity index (χ1v) is 11.1. The van der Waals surface area contributed by atoms with Crippen molar-refractivity contribution in [2.45, 2.75) is 104 Å². The first-order chi connectivity index (χ1) is 13.1. The van der Waals surface area contributed by atoms with Gasteiger partial charge < -0.3 is 9.84 Å². The van der Waals surface area contributed by atoms with E-state index in [9.17, 15) is 4.79 Å². The van der Waals surface area contributed by atoms with Crippen molar-refractivity contribution in [3.05, 3.63) is 29.3 Å². The van der Waals surface area contributed by atoms with E-state index >= 15 is 0 Å². The number of ether oxygens (including phenoxy) is 1. The molecule has 1 aromatic rings. The SMILES string of the molecule is CCCCCCCCCc1ccc(OC(=O)O)c(CC(CC)CCCC)c1. The van der Waals surface area contributed by atoms with Gasteiger partial charge in [-0.05, 0) is 42.4 Å². The monoisotopic (exact) mass is 376 g/mol. The molecule has 0 saturated carbocycles. The van der Waals surface area contributed by atoms with Gasteiger partial charge in [0.1, 0.15) is 5.75 Å². The minimum Gasteiger partial charge on any atom is -0.449 e. The second kappa shape index (κ2) is 14.5. The molecule has 0 aromatic heterocycles. The molecule has 0 bridgehead atoms.